The van der Waals surface area contributed by atoms with E-state index in [0.717, 1.165) is 24.2 Å². The number of nitrogens with one attached hydrogen (secondary N) is 2. The fourth-order valence-corrected chi connectivity index (χ4v) is 7.68. The molecule has 1 saturated heterocycles. The molecule has 0 aromatic rings. The van der Waals surface area contributed by atoms with Gasteiger partial charge in [-0.15, -0.1) is 0 Å². The summed E-state index contributed by atoms with van der Waals surface area (Å²) in [5, 5.41) is 7.42. The third-order valence-electron chi connectivity index (χ3n) is 7.41. The largest absolute Gasteiger partial charge is 0.354 e. The van der Waals surface area contributed by atoms with Crippen molar-refractivity contribution in [2.75, 3.05) is 18.1 Å². The van der Waals surface area contributed by atoms with Gasteiger partial charge in [-0.1, -0.05) is 38.5 Å². The van der Waals surface area contributed by atoms with Crippen molar-refractivity contribution in [3.8, 4) is 0 Å². The van der Waals surface area contributed by atoms with E-state index in [9.17, 15) is 8.42 Å². The highest BCUT2D eigenvalue weighted by Crippen LogP contribution is 2.40. The minimum atomic E-state index is -2.82. The van der Waals surface area contributed by atoms with Gasteiger partial charge < -0.3 is 10.6 Å². The molecule has 0 spiro atoms. The van der Waals surface area contributed by atoms with E-state index in [1.165, 1.54) is 70.6 Å². The molecule has 0 radical (unpaired) electrons. The Morgan fingerprint density at radius 3 is 2.26 bits per heavy atom. The molecule has 2 N–H and O–H groups in total. The van der Waals surface area contributed by atoms with Crippen molar-refractivity contribution in [2.45, 2.75) is 89.1 Å². The predicted molar refractivity (Wildman–Crippen MR) is 111 cm³/mol. The third-order valence-corrected chi connectivity index (χ3v) is 9.25. The lowest BCUT2D eigenvalue weighted by atomic mass is 9.69. The average Bonchev–Trinajstić information content (AvgIpc) is 3.28. The molecule has 0 bridgehead atoms. The molecule has 3 saturated carbocycles. The lowest BCUT2D eigenvalue weighted by Gasteiger charge is -2.40. The lowest BCUT2D eigenvalue weighted by molar-refractivity contribution is 0.150. The molecule has 0 aromatic carbocycles. The molecule has 6 heteroatoms. The van der Waals surface area contributed by atoms with Crippen LogP contribution in [0.3, 0.4) is 0 Å². The van der Waals surface area contributed by atoms with E-state index in [-0.39, 0.29) is 5.92 Å². The summed E-state index contributed by atoms with van der Waals surface area (Å²) in [6.07, 6.45) is 15.4. The van der Waals surface area contributed by atoms with Gasteiger partial charge in [0.15, 0.2) is 15.8 Å². The van der Waals surface area contributed by atoms with Gasteiger partial charge in [0, 0.05) is 18.6 Å². The topological polar surface area (TPSA) is 70.6 Å². The summed E-state index contributed by atoms with van der Waals surface area (Å²) in [7, 11) is -2.82. The van der Waals surface area contributed by atoms with Crippen molar-refractivity contribution in [3.05, 3.63) is 0 Å². The Balaban J connectivity index is 1.36. The van der Waals surface area contributed by atoms with Crippen molar-refractivity contribution in [3.63, 3.8) is 0 Å². The molecule has 4 rings (SSSR count). The Labute approximate surface area is 165 Å². The first-order valence-corrected chi connectivity index (χ1v) is 13.2. The quantitative estimate of drug-likeness (QED) is 0.566. The molecular weight excluding hydrogens is 358 g/mol. The fourth-order valence-electron chi connectivity index (χ4n) is 5.83. The van der Waals surface area contributed by atoms with Gasteiger partial charge in [-0.2, -0.15) is 0 Å². The molecule has 4 fully saturated rings. The highest BCUT2D eigenvalue weighted by Gasteiger charge is 2.33. The molecule has 154 valence electrons. The SMILES string of the molecule is O=S1(=O)CCC(CN=C(NC2CCCC2)NC2CCC3CCCCC3C2)C1. The van der Waals surface area contributed by atoms with E-state index >= 15 is 0 Å². The maximum atomic E-state index is 11.7. The summed E-state index contributed by atoms with van der Waals surface area (Å²) in [5.41, 5.74) is 0. The van der Waals surface area contributed by atoms with E-state index < -0.39 is 9.84 Å². The summed E-state index contributed by atoms with van der Waals surface area (Å²) < 4.78 is 23.5. The van der Waals surface area contributed by atoms with Crippen LogP contribution < -0.4 is 10.6 Å². The first-order chi connectivity index (χ1) is 13.1. The number of nitrogens with zero attached hydrogens (tertiary/aromatic N) is 1. The Bertz CT molecular complexity index is 627. The van der Waals surface area contributed by atoms with E-state index in [1.807, 2.05) is 0 Å². The van der Waals surface area contributed by atoms with E-state index in [0.29, 0.717) is 30.1 Å². The number of sulfone groups is 1. The predicted octanol–water partition coefficient (Wildman–Crippen LogP) is 3.26. The van der Waals surface area contributed by atoms with Crippen molar-refractivity contribution in [2.24, 2.45) is 22.7 Å². The van der Waals surface area contributed by atoms with Gasteiger partial charge in [0.1, 0.15) is 0 Å². The van der Waals surface area contributed by atoms with Crippen LogP contribution in [0.15, 0.2) is 4.99 Å². The molecule has 0 amide bonds. The van der Waals surface area contributed by atoms with Crippen LogP contribution in [-0.2, 0) is 9.84 Å². The summed E-state index contributed by atoms with van der Waals surface area (Å²) in [4.78, 5) is 4.86. The summed E-state index contributed by atoms with van der Waals surface area (Å²) in [6.45, 7) is 0.639. The minimum Gasteiger partial charge on any atom is -0.354 e. The molecule has 4 aliphatic rings. The van der Waals surface area contributed by atoms with Crippen LogP contribution in [0, 0.1) is 17.8 Å². The maximum absolute atomic E-state index is 11.7. The molecule has 0 aromatic heterocycles. The number of rotatable bonds is 4. The zero-order chi connectivity index (χ0) is 18.7. The monoisotopic (exact) mass is 395 g/mol. The summed E-state index contributed by atoms with van der Waals surface area (Å²) >= 11 is 0. The van der Waals surface area contributed by atoms with E-state index in [2.05, 4.69) is 10.6 Å². The second kappa shape index (κ2) is 8.71. The van der Waals surface area contributed by atoms with Crippen LogP contribution in [0.5, 0.6) is 0 Å². The van der Waals surface area contributed by atoms with Gasteiger partial charge in [0.2, 0.25) is 0 Å². The van der Waals surface area contributed by atoms with Crippen molar-refractivity contribution < 1.29 is 8.42 Å². The molecule has 4 atom stereocenters. The number of guanidine groups is 1. The smallest absolute Gasteiger partial charge is 0.191 e. The molecule has 3 aliphatic carbocycles. The van der Waals surface area contributed by atoms with Crippen LogP contribution in [0.1, 0.15) is 77.0 Å². The molecule has 5 nitrogen and oxygen atoms in total. The summed E-state index contributed by atoms with van der Waals surface area (Å²) in [6, 6.07) is 1.07. The van der Waals surface area contributed by atoms with Crippen LogP contribution in [-0.4, -0.2) is 44.5 Å². The Morgan fingerprint density at radius 1 is 0.815 bits per heavy atom. The third kappa shape index (κ3) is 5.39. The first kappa shape index (κ1) is 19.5. The van der Waals surface area contributed by atoms with Crippen LogP contribution in [0.2, 0.25) is 0 Å². The second-order valence-corrected chi connectivity index (χ2v) is 11.8. The zero-order valence-corrected chi connectivity index (χ0v) is 17.5. The molecule has 1 heterocycles. The van der Waals surface area contributed by atoms with Gasteiger partial charge in [-0.25, -0.2) is 8.42 Å². The normalized spacial score (nSPS) is 37.1. The highest BCUT2D eigenvalue weighted by molar-refractivity contribution is 7.91. The first-order valence-electron chi connectivity index (χ1n) is 11.4. The maximum Gasteiger partial charge on any atom is 0.191 e. The van der Waals surface area contributed by atoms with Gasteiger partial charge in [-0.3, -0.25) is 4.99 Å². The highest BCUT2D eigenvalue weighted by atomic mass is 32.2. The van der Waals surface area contributed by atoms with Gasteiger partial charge >= 0.3 is 0 Å². The van der Waals surface area contributed by atoms with Gasteiger partial charge in [-0.05, 0) is 56.3 Å². The number of fused-ring (bicyclic) bond motifs is 1. The number of aliphatic imine (C=N–C) groups is 1. The molecule has 4 unspecified atom stereocenters. The Morgan fingerprint density at radius 2 is 1.52 bits per heavy atom. The van der Waals surface area contributed by atoms with Crippen LogP contribution >= 0.6 is 0 Å². The minimum absolute atomic E-state index is 0.200. The Hall–Kier alpha value is -0.780. The zero-order valence-electron chi connectivity index (χ0n) is 16.7. The molecule has 27 heavy (non-hydrogen) atoms. The molecule has 1 aliphatic heterocycles. The van der Waals surface area contributed by atoms with Gasteiger partial charge in [0.25, 0.3) is 0 Å². The average molecular weight is 396 g/mol. The lowest BCUT2D eigenvalue weighted by Crippen LogP contribution is -2.49. The van der Waals surface area contributed by atoms with Crippen LogP contribution in [0.25, 0.3) is 0 Å². The van der Waals surface area contributed by atoms with Gasteiger partial charge in [0.05, 0.1) is 11.5 Å². The van der Waals surface area contributed by atoms with E-state index in [1.54, 1.807) is 0 Å². The van der Waals surface area contributed by atoms with Crippen LogP contribution in [0.4, 0.5) is 0 Å². The number of hydrogen-bond donors (Lipinski definition) is 2. The van der Waals surface area contributed by atoms with Crippen molar-refractivity contribution in [1.29, 1.82) is 0 Å². The van der Waals surface area contributed by atoms with Crippen molar-refractivity contribution in [1.82, 2.24) is 10.6 Å². The number of hydrogen-bond acceptors (Lipinski definition) is 3. The molecular formula is C21H37N3O2S. The fraction of sp³-hybridized carbons (Fsp3) is 0.952. The van der Waals surface area contributed by atoms with Crippen molar-refractivity contribution >= 4 is 15.8 Å². The Kier molecular flexibility index (Phi) is 6.30. The standard InChI is InChI=1S/C21H37N3O2S/c25-27(26)12-11-16(15-27)14-22-21(23-19-7-3-4-8-19)24-20-10-9-17-5-1-2-6-18(17)13-20/h16-20H,1-15H2,(H2,22,23,24). The summed E-state index contributed by atoms with van der Waals surface area (Å²) in [5.74, 6) is 3.68. The van der Waals surface area contributed by atoms with E-state index in [4.69, 9.17) is 4.99 Å². The second-order valence-electron chi connectivity index (χ2n) is 9.54.